The molecular formula is C18H11F2N5O. The molecule has 0 unspecified atom stereocenters. The van der Waals surface area contributed by atoms with Crippen LogP contribution in [0.2, 0.25) is 0 Å². The molecule has 26 heavy (non-hydrogen) atoms. The van der Waals surface area contributed by atoms with Crippen molar-refractivity contribution in [3.63, 3.8) is 0 Å². The van der Waals surface area contributed by atoms with E-state index in [2.05, 4.69) is 20.3 Å². The summed E-state index contributed by atoms with van der Waals surface area (Å²) in [7, 11) is 0. The molecular weight excluding hydrogens is 340 g/mol. The van der Waals surface area contributed by atoms with E-state index in [1.165, 1.54) is 24.7 Å². The van der Waals surface area contributed by atoms with Gasteiger partial charge in [-0.15, -0.1) is 0 Å². The number of nitriles is 1. The predicted octanol–water partition coefficient (Wildman–Crippen LogP) is 2.86. The molecule has 0 fully saturated rings. The highest BCUT2D eigenvalue weighted by molar-refractivity contribution is 6.02. The average molecular weight is 351 g/mol. The van der Waals surface area contributed by atoms with Gasteiger partial charge in [0.05, 0.1) is 12.4 Å². The van der Waals surface area contributed by atoms with Crippen molar-refractivity contribution in [1.82, 2.24) is 15.0 Å². The van der Waals surface area contributed by atoms with E-state index in [4.69, 9.17) is 5.26 Å². The normalized spacial score (nSPS) is 10.2. The number of aromatic nitrogens is 3. The van der Waals surface area contributed by atoms with Gasteiger partial charge in [-0.2, -0.15) is 5.26 Å². The molecule has 0 aliphatic heterocycles. The van der Waals surface area contributed by atoms with E-state index in [-0.39, 0.29) is 11.4 Å². The van der Waals surface area contributed by atoms with E-state index in [0.29, 0.717) is 17.8 Å². The maximum Gasteiger partial charge on any atom is 0.277 e. The molecule has 0 atom stereocenters. The number of nitrogens with one attached hydrogen (secondary N) is 1. The van der Waals surface area contributed by atoms with Crippen molar-refractivity contribution in [1.29, 1.82) is 5.26 Å². The van der Waals surface area contributed by atoms with Crippen LogP contribution in [0.5, 0.6) is 0 Å². The number of pyridine rings is 1. The number of amides is 1. The van der Waals surface area contributed by atoms with Gasteiger partial charge in [0.1, 0.15) is 17.6 Å². The SMILES string of the molecule is N#Cc1cnc(C(=O)Nc2ccc(Cc3ccc(F)c(F)c3)cn2)cn1. The molecule has 0 aliphatic carbocycles. The van der Waals surface area contributed by atoms with Crippen LogP contribution in [0.3, 0.4) is 0 Å². The second kappa shape index (κ2) is 7.44. The van der Waals surface area contributed by atoms with Crippen LogP contribution in [-0.2, 0) is 6.42 Å². The van der Waals surface area contributed by atoms with Crippen molar-refractivity contribution in [3.8, 4) is 6.07 Å². The molecule has 1 aromatic carbocycles. The van der Waals surface area contributed by atoms with Crippen LogP contribution in [0.1, 0.15) is 27.3 Å². The van der Waals surface area contributed by atoms with Crippen LogP contribution in [0.4, 0.5) is 14.6 Å². The zero-order valence-corrected chi connectivity index (χ0v) is 13.3. The van der Waals surface area contributed by atoms with E-state index >= 15 is 0 Å². The van der Waals surface area contributed by atoms with Crippen LogP contribution in [0, 0.1) is 23.0 Å². The van der Waals surface area contributed by atoms with E-state index in [1.807, 2.05) is 6.07 Å². The summed E-state index contributed by atoms with van der Waals surface area (Å²) in [4.78, 5) is 23.8. The molecule has 2 aromatic heterocycles. The fourth-order valence-corrected chi connectivity index (χ4v) is 2.17. The molecule has 3 aromatic rings. The molecule has 128 valence electrons. The molecule has 0 saturated heterocycles. The van der Waals surface area contributed by atoms with Crippen molar-refractivity contribution in [3.05, 3.63) is 83.1 Å². The van der Waals surface area contributed by atoms with E-state index in [9.17, 15) is 13.6 Å². The summed E-state index contributed by atoms with van der Waals surface area (Å²) < 4.78 is 26.2. The Balaban J connectivity index is 1.66. The predicted molar refractivity (Wildman–Crippen MR) is 88.1 cm³/mol. The first-order valence-corrected chi connectivity index (χ1v) is 7.47. The number of hydrogen-bond donors (Lipinski definition) is 1. The Bertz CT molecular complexity index is 982. The third-order valence-electron chi connectivity index (χ3n) is 3.46. The zero-order valence-electron chi connectivity index (χ0n) is 13.3. The smallest absolute Gasteiger partial charge is 0.277 e. The first-order valence-electron chi connectivity index (χ1n) is 7.47. The van der Waals surface area contributed by atoms with Gasteiger partial charge in [0, 0.05) is 6.20 Å². The van der Waals surface area contributed by atoms with Crippen molar-refractivity contribution in [2.45, 2.75) is 6.42 Å². The molecule has 0 aliphatic rings. The summed E-state index contributed by atoms with van der Waals surface area (Å²) in [6.45, 7) is 0. The fraction of sp³-hybridized carbons (Fsp3) is 0.0556. The molecule has 0 saturated carbocycles. The average Bonchev–Trinajstić information content (AvgIpc) is 2.66. The molecule has 0 spiro atoms. The molecule has 3 rings (SSSR count). The largest absolute Gasteiger partial charge is 0.305 e. The Kier molecular flexibility index (Phi) is 4.90. The fourth-order valence-electron chi connectivity index (χ4n) is 2.17. The lowest BCUT2D eigenvalue weighted by molar-refractivity contribution is 0.102. The second-order valence-electron chi connectivity index (χ2n) is 5.33. The Morgan fingerprint density at radius 1 is 1.00 bits per heavy atom. The topological polar surface area (TPSA) is 91.6 Å². The highest BCUT2D eigenvalue weighted by atomic mass is 19.2. The monoisotopic (exact) mass is 351 g/mol. The molecule has 1 N–H and O–H groups in total. The highest BCUT2D eigenvalue weighted by Crippen LogP contribution is 2.14. The summed E-state index contributed by atoms with van der Waals surface area (Å²) in [6, 6.07) is 8.82. The van der Waals surface area contributed by atoms with E-state index in [1.54, 1.807) is 12.1 Å². The number of carbonyl (C=O) groups is 1. The van der Waals surface area contributed by atoms with Crippen molar-refractivity contribution in [2.75, 3.05) is 5.32 Å². The maximum absolute atomic E-state index is 13.2. The minimum absolute atomic E-state index is 0.0525. The van der Waals surface area contributed by atoms with Gasteiger partial charge in [-0.1, -0.05) is 12.1 Å². The van der Waals surface area contributed by atoms with Crippen molar-refractivity contribution >= 4 is 11.7 Å². The molecule has 8 heteroatoms. The first-order chi connectivity index (χ1) is 12.5. The van der Waals surface area contributed by atoms with Crippen LogP contribution in [-0.4, -0.2) is 20.9 Å². The van der Waals surface area contributed by atoms with Gasteiger partial charge < -0.3 is 5.32 Å². The molecule has 0 bridgehead atoms. The Hall–Kier alpha value is -3.73. The number of rotatable bonds is 4. The van der Waals surface area contributed by atoms with Gasteiger partial charge in [0.25, 0.3) is 5.91 Å². The number of anilines is 1. The number of carbonyl (C=O) groups excluding carboxylic acids is 1. The van der Waals surface area contributed by atoms with Gasteiger partial charge in [0.15, 0.2) is 17.3 Å². The van der Waals surface area contributed by atoms with Crippen molar-refractivity contribution < 1.29 is 13.6 Å². The molecule has 1 amide bonds. The summed E-state index contributed by atoms with van der Waals surface area (Å²) in [6.07, 6.45) is 4.31. The van der Waals surface area contributed by atoms with Crippen molar-refractivity contribution in [2.24, 2.45) is 0 Å². The standard InChI is InChI=1S/C18H11F2N5O/c19-14-3-1-11(6-15(14)20)5-12-2-4-17(24-8-12)25-18(26)16-10-22-13(7-21)9-23-16/h1-4,6,8-10H,5H2,(H,24,25,26). The van der Waals surface area contributed by atoms with E-state index < -0.39 is 17.5 Å². The lowest BCUT2D eigenvalue weighted by atomic mass is 10.1. The molecule has 2 heterocycles. The van der Waals surface area contributed by atoms with E-state index in [0.717, 1.165) is 17.7 Å². The maximum atomic E-state index is 13.2. The Labute approximate surface area is 147 Å². The number of benzene rings is 1. The van der Waals surface area contributed by atoms with Gasteiger partial charge in [-0.05, 0) is 35.7 Å². The first kappa shape index (κ1) is 17.1. The Morgan fingerprint density at radius 3 is 2.42 bits per heavy atom. The van der Waals surface area contributed by atoms with Crippen LogP contribution >= 0.6 is 0 Å². The minimum atomic E-state index is -0.900. The Morgan fingerprint density at radius 2 is 1.81 bits per heavy atom. The van der Waals surface area contributed by atoms with Gasteiger partial charge in [-0.3, -0.25) is 4.79 Å². The van der Waals surface area contributed by atoms with Crippen LogP contribution in [0.25, 0.3) is 0 Å². The van der Waals surface area contributed by atoms with Gasteiger partial charge in [-0.25, -0.2) is 23.7 Å². The summed E-state index contributed by atoms with van der Waals surface area (Å²) in [5.74, 6) is -2.00. The summed E-state index contributed by atoms with van der Waals surface area (Å²) >= 11 is 0. The third kappa shape index (κ3) is 4.02. The van der Waals surface area contributed by atoms with Crippen LogP contribution < -0.4 is 5.32 Å². The second-order valence-corrected chi connectivity index (χ2v) is 5.33. The molecule has 0 radical (unpaired) electrons. The lowest BCUT2D eigenvalue weighted by Crippen LogP contribution is -2.15. The minimum Gasteiger partial charge on any atom is -0.305 e. The highest BCUT2D eigenvalue weighted by Gasteiger charge is 2.09. The zero-order chi connectivity index (χ0) is 18.5. The van der Waals surface area contributed by atoms with Gasteiger partial charge in [0.2, 0.25) is 0 Å². The third-order valence-corrected chi connectivity index (χ3v) is 3.46. The molecule has 6 nitrogen and oxygen atoms in total. The lowest BCUT2D eigenvalue weighted by Gasteiger charge is -2.06. The van der Waals surface area contributed by atoms with Crippen LogP contribution in [0.15, 0.2) is 48.9 Å². The summed E-state index contributed by atoms with van der Waals surface area (Å²) in [5.41, 5.74) is 1.54. The quantitative estimate of drug-likeness (QED) is 0.780. The summed E-state index contributed by atoms with van der Waals surface area (Å²) in [5, 5.41) is 11.2. The van der Waals surface area contributed by atoms with Gasteiger partial charge >= 0.3 is 0 Å². The number of hydrogen-bond acceptors (Lipinski definition) is 5. The number of halogens is 2. The number of nitrogens with zero attached hydrogens (tertiary/aromatic N) is 4.